The molecule has 2 amide bonds. The quantitative estimate of drug-likeness (QED) is 0.901. The molecule has 2 aliphatic rings. The number of hydrogen-bond acceptors (Lipinski definition) is 4. The van der Waals surface area contributed by atoms with Crippen molar-refractivity contribution in [1.29, 1.82) is 0 Å². The Morgan fingerprint density at radius 1 is 1.24 bits per heavy atom. The van der Waals surface area contributed by atoms with Crippen LogP contribution in [0, 0.1) is 5.92 Å². The molecule has 3 rings (SSSR count). The number of nitrogens with zero attached hydrogens (tertiary/aromatic N) is 1. The van der Waals surface area contributed by atoms with Gasteiger partial charge in [0.15, 0.2) is 0 Å². The number of piperazine rings is 1. The summed E-state index contributed by atoms with van der Waals surface area (Å²) in [5, 5.41) is 2.95. The lowest BCUT2D eigenvalue weighted by atomic mass is 9.82. The molecule has 2 heterocycles. The Bertz CT molecular complexity index is 635. The molecule has 2 saturated heterocycles. The van der Waals surface area contributed by atoms with Crippen molar-refractivity contribution in [2.24, 2.45) is 5.92 Å². The van der Waals surface area contributed by atoms with Crippen LogP contribution in [0.1, 0.15) is 32.3 Å². The molecule has 1 spiro atoms. The van der Waals surface area contributed by atoms with Crippen molar-refractivity contribution < 1.29 is 19.1 Å². The van der Waals surface area contributed by atoms with Gasteiger partial charge in [0.05, 0.1) is 7.11 Å². The lowest BCUT2D eigenvalue weighted by Gasteiger charge is -2.50. The first-order valence-corrected chi connectivity index (χ1v) is 8.81. The molecule has 2 aliphatic heterocycles. The number of amides is 2. The predicted octanol–water partition coefficient (Wildman–Crippen LogP) is 1.73. The van der Waals surface area contributed by atoms with E-state index in [1.807, 2.05) is 38.1 Å². The molecule has 136 valence electrons. The van der Waals surface area contributed by atoms with Gasteiger partial charge >= 0.3 is 0 Å². The van der Waals surface area contributed by atoms with E-state index < -0.39 is 11.6 Å². The fourth-order valence-corrected chi connectivity index (χ4v) is 3.64. The van der Waals surface area contributed by atoms with Crippen molar-refractivity contribution in [2.45, 2.75) is 44.8 Å². The van der Waals surface area contributed by atoms with E-state index in [0.717, 1.165) is 11.3 Å². The number of hydrogen-bond donors (Lipinski definition) is 1. The lowest BCUT2D eigenvalue weighted by Crippen LogP contribution is -2.72. The highest BCUT2D eigenvalue weighted by molar-refractivity contribution is 6.00. The maximum absolute atomic E-state index is 13.2. The molecule has 2 fully saturated rings. The van der Waals surface area contributed by atoms with Crippen LogP contribution in [0.25, 0.3) is 0 Å². The van der Waals surface area contributed by atoms with Gasteiger partial charge in [-0.15, -0.1) is 0 Å². The van der Waals surface area contributed by atoms with E-state index in [-0.39, 0.29) is 17.7 Å². The van der Waals surface area contributed by atoms with E-state index in [0.29, 0.717) is 32.6 Å². The molecule has 1 atom stereocenters. The van der Waals surface area contributed by atoms with Gasteiger partial charge in [-0.05, 0) is 23.6 Å². The molecule has 25 heavy (non-hydrogen) atoms. The predicted molar refractivity (Wildman–Crippen MR) is 93.1 cm³/mol. The molecule has 0 aliphatic carbocycles. The number of carbonyl (C=O) groups is 2. The molecule has 0 aromatic heterocycles. The standard InChI is InChI=1S/C19H26N2O4/c1-13(2)16-17(22)21(12-14-4-6-15(24-3)7-5-14)19(18(23)20-16)8-10-25-11-9-19/h4-7,13,16H,8-12H2,1-3H3,(H,20,23). The summed E-state index contributed by atoms with van der Waals surface area (Å²) in [6.45, 7) is 5.31. The van der Waals surface area contributed by atoms with E-state index in [9.17, 15) is 9.59 Å². The van der Waals surface area contributed by atoms with E-state index in [2.05, 4.69) is 5.32 Å². The van der Waals surface area contributed by atoms with Gasteiger partial charge in [-0.1, -0.05) is 26.0 Å². The molecule has 6 nitrogen and oxygen atoms in total. The van der Waals surface area contributed by atoms with Crippen molar-refractivity contribution in [1.82, 2.24) is 10.2 Å². The van der Waals surface area contributed by atoms with Gasteiger partial charge in [-0.2, -0.15) is 0 Å². The highest BCUT2D eigenvalue weighted by atomic mass is 16.5. The molecule has 1 unspecified atom stereocenters. The summed E-state index contributed by atoms with van der Waals surface area (Å²) in [4.78, 5) is 27.9. The van der Waals surface area contributed by atoms with Crippen molar-refractivity contribution in [3.05, 3.63) is 29.8 Å². The van der Waals surface area contributed by atoms with Crippen LogP contribution in [-0.4, -0.2) is 48.6 Å². The number of nitrogens with one attached hydrogen (secondary N) is 1. The van der Waals surface area contributed by atoms with E-state index in [4.69, 9.17) is 9.47 Å². The Morgan fingerprint density at radius 2 is 1.88 bits per heavy atom. The second-order valence-corrected chi connectivity index (χ2v) is 7.11. The summed E-state index contributed by atoms with van der Waals surface area (Å²) in [7, 11) is 1.62. The zero-order valence-electron chi connectivity index (χ0n) is 15.1. The largest absolute Gasteiger partial charge is 0.497 e. The maximum atomic E-state index is 13.2. The molecule has 1 aromatic rings. The Kier molecular flexibility index (Phi) is 4.99. The van der Waals surface area contributed by atoms with Gasteiger partial charge in [-0.3, -0.25) is 9.59 Å². The van der Waals surface area contributed by atoms with E-state index in [1.54, 1.807) is 12.0 Å². The lowest BCUT2D eigenvalue weighted by molar-refractivity contribution is -0.166. The summed E-state index contributed by atoms with van der Waals surface area (Å²) >= 11 is 0. The normalized spacial score (nSPS) is 23.0. The summed E-state index contributed by atoms with van der Waals surface area (Å²) in [5.41, 5.74) is 0.179. The SMILES string of the molecule is COc1ccc(CN2C(=O)C(C(C)C)NC(=O)C23CCOCC3)cc1. The fraction of sp³-hybridized carbons (Fsp3) is 0.579. The minimum Gasteiger partial charge on any atom is -0.497 e. The number of rotatable bonds is 4. The average molecular weight is 346 g/mol. The van der Waals surface area contributed by atoms with Gasteiger partial charge < -0.3 is 19.7 Å². The molecule has 1 N–H and O–H groups in total. The number of carbonyl (C=O) groups excluding carboxylic acids is 2. The zero-order chi connectivity index (χ0) is 18.0. The minimum absolute atomic E-state index is 0.00711. The second-order valence-electron chi connectivity index (χ2n) is 7.11. The third-order valence-electron chi connectivity index (χ3n) is 5.24. The molecule has 6 heteroatoms. The highest BCUT2D eigenvalue weighted by Crippen LogP contribution is 2.34. The van der Waals surface area contributed by atoms with Crippen LogP contribution in [0.4, 0.5) is 0 Å². The zero-order valence-corrected chi connectivity index (χ0v) is 15.1. The molecule has 0 saturated carbocycles. The van der Waals surface area contributed by atoms with E-state index >= 15 is 0 Å². The van der Waals surface area contributed by atoms with Gasteiger partial charge in [0.1, 0.15) is 17.3 Å². The summed E-state index contributed by atoms with van der Waals surface area (Å²) in [6, 6.07) is 7.16. The third kappa shape index (κ3) is 3.23. The van der Waals surface area contributed by atoms with Crippen LogP contribution in [-0.2, 0) is 20.9 Å². The van der Waals surface area contributed by atoms with Gasteiger partial charge in [-0.25, -0.2) is 0 Å². The molecular weight excluding hydrogens is 320 g/mol. The van der Waals surface area contributed by atoms with E-state index in [1.165, 1.54) is 0 Å². The Balaban J connectivity index is 1.93. The van der Waals surface area contributed by atoms with Crippen LogP contribution in [0.3, 0.4) is 0 Å². The Morgan fingerprint density at radius 3 is 2.44 bits per heavy atom. The molecule has 0 radical (unpaired) electrons. The van der Waals surface area contributed by atoms with Gasteiger partial charge in [0.2, 0.25) is 11.8 Å². The second kappa shape index (κ2) is 7.04. The maximum Gasteiger partial charge on any atom is 0.246 e. The summed E-state index contributed by atoms with van der Waals surface area (Å²) in [6.07, 6.45) is 1.07. The Labute approximate surface area is 148 Å². The first-order valence-electron chi connectivity index (χ1n) is 8.81. The summed E-state index contributed by atoms with van der Waals surface area (Å²) < 4.78 is 10.6. The van der Waals surface area contributed by atoms with Gasteiger partial charge in [0, 0.05) is 32.6 Å². The topological polar surface area (TPSA) is 67.9 Å². The van der Waals surface area contributed by atoms with Crippen LogP contribution in [0.15, 0.2) is 24.3 Å². The summed E-state index contributed by atoms with van der Waals surface area (Å²) in [5.74, 6) is 0.759. The van der Waals surface area contributed by atoms with Crippen LogP contribution in [0.2, 0.25) is 0 Å². The van der Waals surface area contributed by atoms with Crippen molar-refractivity contribution in [2.75, 3.05) is 20.3 Å². The monoisotopic (exact) mass is 346 g/mol. The first kappa shape index (κ1) is 17.7. The minimum atomic E-state index is -0.805. The molecule has 0 bridgehead atoms. The van der Waals surface area contributed by atoms with Crippen molar-refractivity contribution in [3.8, 4) is 5.75 Å². The first-order chi connectivity index (χ1) is 12.0. The third-order valence-corrected chi connectivity index (χ3v) is 5.24. The smallest absolute Gasteiger partial charge is 0.246 e. The molecule has 1 aromatic carbocycles. The number of methoxy groups -OCH3 is 1. The number of benzene rings is 1. The van der Waals surface area contributed by atoms with Crippen LogP contribution in [0.5, 0.6) is 5.75 Å². The van der Waals surface area contributed by atoms with Crippen molar-refractivity contribution >= 4 is 11.8 Å². The van der Waals surface area contributed by atoms with Crippen molar-refractivity contribution in [3.63, 3.8) is 0 Å². The molecular formula is C19H26N2O4. The average Bonchev–Trinajstić information content (AvgIpc) is 2.63. The van der Waals surface area contributed by atoms with Gasteiger partial charge in [0.25, 0.3) is 0 Å². The highest BCUT2D eigenvalue weighted by Gasteiger charge is 2.53. The van der Waals surface area contributed by atoms with Crippen LogP contribution < -0.4 is 10.1 Å². The fourth-order valence-electron chi connectivity index (χ4n) is 3.64. The Hall–Kier alpha value is -2.08. The number of ether oxygens (including phenoxy) is 2. The van der Waals surface area contributed by atoms with Crippen LogP contribution >= 0.6 is 0 Å².